The molecular formula is C7H14N2. The molecule has 0 spiro atoms. The summed E-state index contributed by atoms with van der Waals surface area (Å²) in [5, 5.41) is 0. The molecule has 0 saturated heterocycles. The SMILES string of the molecule is CC(C)C1C=CCNN1. The predicted octanol–water partition coefficient (Wildman–Crippen LogP) is 0.675. The first-order valence-electron chi connectivity index (χ1n) is 3.46. The van der Waals surface area contributed by atoms with Gasteiger partial charge in [-0.25, -0.2) is 0 Å². The van der Waals surface area contributed by atoms with E-state index in [-0.39, 0.29) is 0 Å². The molecule has 0 radical (unpaired) electrons. The van der Waals surface area contributed by atoms with E-state index in [2.05, 4.69) is 36.9 Å². The molecule has 2 heteroatoms. The first-order valence-corrected chi connectivity index (χ1v) is 3.46. The highest BCUT2D eigenvalue weighted by atomic mass is 15.4. The zero-order valence-corrected chi connectivity index (χ0v) is 6.02. The van der Waals surface area contributed by atoms with Gasteiger partial charge in [0.1, 0.15) is 0 Å². The van der Waals surface area contributed by atoms with Gasteiger partial charge in [-0.15, -0.1) is 0 Å². The Morgan fingerprint density at radius 3 is 2.67 bits per heavy atom. The molecule has 1 aliphatic rings. The third-order valence-corrected chi connectivity index (χ3v) is 1.55. The van der Waals surface area contributed by atoms with Crippen molar-refractivity contribution < 1.29 is 0 Å². The lowest BCUT2D eigenvalue weighted by Crippen LogP contribution is -2.45. The lowest BCUT2D eigenvalue weighted by Gasteiger charge is -2.22. The minimum absolute atomic E-state index is 0.513. The van der Waals surface area contributed by atoms with Crippen LogP contribution in [0.1, 0.15) is 13.8 Å². The van der Waals surface area contributed by atoms with Crippen molar-refractivity contribution in [1.82, 2.24) is 10.9 Å². The van der Waals surface area contributed by atoms with Crippen LogP contribution in [-0.2, 0) is 0 Å². The quantitative estimate of drug-likeness (QED) is 0.505. The summed E-state index contributed by atoms with van der Waals surface area (Å²) >= 11 is 0. The molecule has 0 fully saturated rings. The summed E-state index contributed by atoms with van der Waals surface area (Å²) in [4.78, 5) is 0. The van der Waals surface area contributed by atoms with Crippen molar-refractivity contribution in [3.63, 3.8) is 0 Å². The van der Waals surface area contributed by atoms with Crippen LogP contribution in [-0.4, -0.2) is 12.6 Å². The largest absolute Gasteiger partial charge is 0.253 e. The maximum atomic E-state index is 3.18. The van der Waals surface area contributed by atoms with E-state index in [0.717, 1.165) is 6.54 Å². The molecule has 2 N–H and O–H groups in total. The minimum atomic E-state index is 0.513. The van der Waals surface area contributed by atoms with Gasteiger partial charge in [0.15, 0.2) is 0 Å². The van der Waals surface area contributed by atoms with Crippen molar-refractivity contribution in [2.24, 2.45) is 5.92 Å². The maximum absolute atomic E-state index is 3.18. The van der Waals surface area contributed by atoms with Gasteiger partial charge in [-0.2, -0.15) is 0 Å². The number of nitrogens with one attached hydrogen (secondary N) is 2. The van der Waals surface area contributed by atoms with Crippen molar-refractivity contribution in [2.45, 2.75) is 19.9 Å². The van der Waals surface area contributed by atoms with Crippen molar-refractivity contribution in [1.29, 1.82) is 0 Å². The molecule has 0 saturated carbocycles. The zero-order chi connectivity index (χ0) is 6.69. The number of rotatable bonds is 1. The Kier molecular flexibility index (Phi) is 2.25. The van der Waals surface area contributed by atoms with Crippen molar-refractivity contribution in [3.05, 3.63) is 12.2 Å². The van der Waals surface area contributed by atoms with Crippen LogP contribution in [0.15, 0.2) is 12.2 Å². The molecule has 0 aromatic heterocycles. The van der Waals surface area contributed by atoms with Crippen LogP contribution in [0.4, 0.5) is 0 Å². The van der Waals surface area contributed by atoms with Crippen LogP contribution in [0, 0.1) is 5.92 Å². The first-order chi connectivity index (χ1) is 4.30. The molecule has 0 bridgehead atoms. The normalized spacial score (nSPS) is 27.2. The minimum Gasteiger partial charge on any atom is -0.253 e. The fourth-order valence-electron chi connectivity index (χ4n) is 0.887. The summed E-state index contributed by atoms with van der Waals surface area (Å²) in [7, 11) is 0. The zero-order valence-electron chi connectivity index (χ0n) is 6.02. The summed E-state index contributed by atoms with van der Waals surface area (Å²) in [6.07, 6.45) is 4.36. The Balaban J connectivity index is 2.40. The molecule has 0 amide bonds. The molecule has 1 heterocycles. The Hall–Kier alpha value is -0.340. The third kappa shape index (κ3) is 1.80. The molecule has 2 nitrogen and oxygen atoms in total. The summed E-state index contributed by atoms with van der Waals surface area (Å²) in [5.41, 5.74) is 6.26. The van der Waals surface area contributed by atoms with Crippen LogP contribution in [0.3, 0.4) is 0 Å². The van der Waals surface area contributed by atoms with E-state index in [1.165, 1.54) is 0 Å². The molecule has 0 aliphatic carbocycles. The monoisotopic (exact) mass is 126 g/mol. The smallest absolute Gasteiger partial charge is 0.0416 e. The Bertz CT molecular complexity index is 107. The number of hydrogen-bond acceptors (Lipinski definition) is 2. The van der Waals surface area contributed by atoms with E-state index >= 15 is 0 Å². The third-order valence-electron chi connectivity index (χ3n) is 1.55. The van der Waals surface area contributed by atoms with Crippen LogP contribution >= 0.6 is 0 Å². The van der Waals surface area contributed by atoms with Gasteiger partial charge in [-0.3, -0.25) is 10.9 Å². The van der Waals surface area contributed by atoms with Gasteiger partial charge in [-0.05, 0) is 5.92 Å². The molecule has 1 rings (SSSR count). The number of hydrazine groups is 1. The molecular weight excluding hydrogens is 112 g/mol. The second-order valence-corrected chi connectivity index (χ2v) is 2.72. The molecule has 1 unspecified atom stereocenters. The van der Waals surface area contributed by atoms with E-state index in [1.807, 2.05) is 0 Å². The second kappa shape index (κ2) is 2.99. The highest BCUT2D eigenvalue weighted by Gasteiger charge is 2.09. The average molecular weight is 126 g/mol. The average Bonchev–Trinajstić information content (AvgIpc) is 1.90. The van der Waals surface area contributed by atoms with Crippen molar-refractivity contribution >= 4 is 0 Å². The highest BCUT2D eigenvalue weighted by molar-refractivity contribution is 4.98. The second-order valence-electron chi connectivity index (χ2n) is 2.72. The molecule has 0 aromatic carbocycles. The topological polar surface area (TPSA) is 24.1 Å². The Morgan fingerprint density at radius 1 is 1.56 bits per heavy atom. The summed E-state index contributed by atoms with van der Waals surface area (Å²) in [6.45, 7) is 5.35. The fourth-order valence-corrected chi connectivity index (χ4v) is 0.887. The summed E-state index contributed by atoms with van der Waals surface area (Å²) in [6, 6.07) is 0.513. The molecule has 1 atom stereocenters. The van der Waals surface area contributed by atoms with Gasteiger partial charge in [0, 0.05) is 12.6 Å². The van der Waals surface area contributed by atoms with Gasteiger partial charge in [0.2, 0.25) is 0 Å². The van der Waals surface area contributed by atoms with Crippen molar-refractivity contribution in [3.8, 4) is 0 Å². The Labute approximate surface area is 56.3 Å². The fraction of sp³-hybridized carbons (Fsp3) is 0.714. The first kappa shape index (κ1) is 6.78. The van der Waals surface area contributed by atoms with Crippen molar-refractivity contribution in [2.75, 3.05) is 6.54 Å². The van der Waals surface area contributed by atoms with Crippen LogP contribution < -0.4 is 10.9 Å². The van der Waals surface area contributed by atoms with Gasteiger partial charge < -0.3 is 0 Å². The van der Waals surface area contributed by atoms with E-state index in [1.54, 1.807) is 0 Å². The molecule has 9 heavy (non-hydrogen) atoms. The summed E-state index contributed by atoms with van der Waals surface area (Å²) in [5.74, 6) is 0.675. The Morgan fingerprint density at radius 2 is 2.33 bits per heavy atom. The van der Waals surface area contributed by atoms with Crippen LogP contribution in [0.5, 0.6) is 0 Å². The van der Waals surface area contributed by atoms with Gasteiger partial charge in [0.05, 0.1) is 0 Å². The maximum Gasteiger partial charge on any atom is 0.0416 e. The van der Waals surface area contributed by atoms with E-state index in [9.17, 15) is 0 Å². The van der Waals surface area contributed by atoms with Gasteiger partial charge in [0.25, 0.3) is 0 Å². The lowest BCUT2D eigenvalue weighted by molar-refractivity contribution is 0.399. The molecule has 52 valence electrons. The predicted molar refractivity (Wildman–Crippen MR) is 38.9 cm³/mol. The van der Waals surface area contributed by atoms with Crippen LogP contribution in [0.2, 0.25) is 0 Å². The molecule has 1 aliphatic heterocycles. The summed E-state index contributed by atoms with van der Waals surface area (Å²) < 4.78 is 0. The molecule has 0 aromatic rings. The van der Waals surface area contributed by atoms with E-state index in [0.29, 0.717) is 12.0 Å². The van der Waals surface area contributed by atoms with Gasteiger partial charge in [-0.1, -0.05) is 26.0 Å². The standard InChI is InChI=1S/C7H14N2/c1-6(2)7-4-3-5-8-9-7/h3-4,6-9H,5H2,1-2H3. The number of hydrogen-bond donors (Lipinski definition) is 2. The van der Waals surface area contributed by atoms with Crippen LogP contribution in [0.25, 0.3) is 0 Å². The van der Waals surface area contributed by atoms with Gasteiger partial charge >= 0.3 is 0 Å². The lowest BCUT2D eigenvalue weighted by atomic mass is 10.0. The van der Waals surface area contributed by atoms with E-state index in [4.69, 9.17) is 0 Å². The highest BCUT2D eigenvalue weighted by Crippen LogP contribution is 2.03. The van der Waals surface area contributed by atoms with E-state index < -0.39 is 0 Å².